The zero-order valence-corrected chi connectivity index (χ0v) is 17.5. The topological polar surface area (TPSA) is 68.3 Å². The maximum absolute atomic E-state index is 13.6. The molecule has 0 aliphatic heterocycles. The SMILES string of the molecule is COc1ccc(Nc2ncc(C(F)(F)F)c(Nc3ccccc3OC(C)(C)C)n2)cc1. The highest BCUT2D eigenvalue weighted by Crippen LogP contribution is 2.37. The van der Waals surface area contributed by atoms with E-state index >= 15 is 0 Å². The van der Waals surface area contributed by atoms with Crippen LogP contribution in [0.2, 0.25) is 0 Å². The molecule has 0 amide bonds. The van der Waals surface area contributed by atoms with Crippen LogP contribution >= 0.6 is 0 Å². The molecule has 2 aromatic carbocycles. The zero-order valence-electron chi connectivity index (χ0n) is 17.5. The van der Waals surface area contributed by atoms with E-state index in [2.05, 4.69) is 20.6 Å². The first kappa shape index (κ1) is 22.2. The van der Waals surface area contributed by atoms with E-state index in [-0.39, 0.29) is 11.8 Å². The molecule has 164 valence electrons. The van der Waals surface area contributed by atoms with Crippen molar-refractivity contribution in [3.8, 4) is 11.5 Å². The van der Waals surface area contributed by atoms with E-state index in [1.807, 2.05) is 20.8 Å². The maximum Gasteiger partial charge on any atom is 0.421 e. The standard InChI is InChI=1S/C22H23F3N4O2/c1-21(2,3)31-18-8-6-5-7-17(18)28-19-16(22(23,24)25)13-26-20(29-19)27-14-9-11-15(30-4)12-10-14/h5-13H,1-4H3,(H2,26,27,28,29). The highest BCUT2D eigenvalue weighted by Gasteiger charge is 2.35. The normalized spacial score (nSPS) is 11.7. The third-order valence-electron chi connectivity index (χ3n) is 4.00. The molecule has 1 aromatic heterocycles. The summed E-state index contributed by atoms with van der Waals surface area (Å²) in [6, 6.07) is 13.6. The van der Waals surface area contributed by atoms with Crippen molar-refractivity contribution in [2.45, 2.75) is 32.5 Å². The molecule has 0 spiro atoms. The average molecular weight is 432 g/mol. The van der Waals surface area contributed by atoms with Crippen LogP contribution in [-0.2, 0) is 6.18 Å². The molecule has 0 atom stereocenters. The summed E-state index contributed by atoms with van der Waals surface area (Å²) in [5.74, 6) is 0.682. The molecular formula is C22H23F3N4O2. The lowest BCUT2D eigenvalue weighted by molar-refractivity contribution is -0.137. The van der Waals surface area contributed by atoms with Gasteiger partial charge in [-0.1, -0.05) is 12.1 Å². The Kier molecular flexibility index (Phi) is 6.24. The number of hydrogen-bond donors (Lipinski definition) is 2. The van der Waals surface area contributed by atoms with Crippen LogP contribution in [-0.4, -0.2) is 22.7 Å². The third-order valence-corrected chi connectivity index (χ3v) is 4.00. The Morgan fingerprint density at radius 3 is 2.19 bits per heavy atom. The summed E-state index contributed by atoms with van der Waals surface area (Å²) in [6.45, 7) is 5.56. The molecule has 0 bridgehead atoms. The lowest BCUT2D eigenvalue weighted by Crippen LogP contribution is -2.23. The van der Waals surface area contributed by atoms with Gasteiger partial charge in [0.2, 0.25) is 5.95 Å². The minimum absolute atomic E-state index is 0.00916. The van der Waals surface area contributed by atoms with Crippen LogP contribution in [0.25, 0.3) is 0 Å². The van der Waals surface area contributed by atoms with Gasteiger partial charge in [-0.3, -0.25) is 0 Å². The smallest absolute Gasteiger partial charge is 0.421 e. The molecule has 3 aromatic rings. The Morgan fingerprint density at radius 1 is 0.903 bits per heavy atom. The van der Waals surface area contributed by atoms with E-state index in [1.165, 1.54) is 0 Å². The van der Waals surface area contributed by atoms with Gasteiger partial charge in [-0.25, -0.2) is 4.98 Å². The van der Waals surface area contributed by atoms with Crippen molar-refractivity contribution in [2.75, 3.05) is 17.7 Å². The number of hydrogen-bond acceptors (Lipinski definition) is 6. The average Bonchev–Trinajstić information content (AvgIpc) is 2.68. The number of alkyl halides is 3. The third kappa shape index (κ3) is 6.00. The Labute approximate surface area is 178 Å². The lowest BCUT2D eigenvalue weighted by atomic mass is 10.2. The number of nitrogens with one attached hydrogen (secondary N) is 2. The molecule has 6 nitrogen and oxygen atoms in total. The van der Waals surface area contributed by atoms with Gasteiger partial charge in [0.1, 0.15) is 28.5 Å². The van der Waals surface area contributed by atoms with Crippen LogP contribution in [0.4, 0.5) is 36.3 Å². The monoisotopic (exact) mass is 432 g/mol. The summed E-state index contributed by atoms with van der Waals surface area (Å²) in [4.78, 5) is 7.89. The second-order valence-corrected chi connectivity index (χ2v) is 7.64. The highest BCUT2D eigenvalue weighted by molar-refractivity contribution is 5.67. The fraction of sp³-hybridized carbons (Fsp3) is 0.273. The molecule has 1 heterocycles. The predicted molar refractivity (Wildman–Crippen MR) is 113 cm³/mol. The van der Waals surface area contributed by atoms with Gasteiger partial charge in [0, 0.05) is 11.9 Å². The second-order valence-electron chi connectivity index (χ2n) is 7.64. The first-order valence-corrected chi connectivity index (χ1v) is 9.45. The van der Waals surface area contributed by atoms with Gasteiger partial charge >= 0.3 is 6.18 Å². The number of ether oxygens (including phenoxy) is 2. The van der Waals surface area contributed by atoms with Crippen molar-refractivity contribution in [2.24, 2.45) is 0 Å². The van der Waals surface area contributed by atoms with Crippen LogP contribution in [0.1, 0.15) is 26.3 Å². The van der Waals surface area contributed by atoms with Crippen LogP contribution in [0.5, 0.6) is 11.5 Å². The van der Waals surface area contributed by atoms with E-state index in [4.69, 9.17) is 9.47 Å². The van der Waals surface area contributed by atoms with Gasteiger partial charge < -0.3 is 20.1 Å². The lowest BCUT2D eigenvalue weighted by Gasteiger charge is -2.24. The number of halogens is 3. The van der Waals surface area contributed by atoms with Crippen LogP contribution in [0.3, 0.4) is 0 Å². The van der Waals surface area contributed by atoms with Crippen molar-refractivity contribution in [3.63, 3.8) is 0 Å². The molecule has 0 unspecified atom stereocenters. The summed E-state index contributed by atoms with van der Waals surface area (Å²) >= 11 is 0. The Morgan fingerprint density at radius 2 is 1.58 bits per heavy atom. The molecule has 0 aliphatic carbocycles. The molecule has 0 radical (unpaired) electrons. The number of anilines is 4. The molecule has 0 saturated heterocycles. The van der Waals surface area contributed by atoms with Crippen molar-refractivity contribution in [1.82, 2.24) is 9.97 Å². The fourth-order valence-corrected chi connectivity index (χ4v) is 2.66. The van der Waals surface area contributed by atoms with Crippen molar-refractivity contribution in [3.05, 3.63) is 60.3 Å². The summed E-state index contributed by atoms with van der Waals surface area (Å²) in [6.07, 6.45) is -3.89. The largest absolute Gasteiger partial charge is 0.497 e. The van der Waals surface area contributed by atoms with E-state index in [9.17, 15) is 13.2 Å². The molecule has 3 rings (SSSR count). The summed E-state index contributed by atoms with van der Waals surface area (Å²) in [7, 11) is 1.54. The molecule has 0 fully saturated rings. The molecule has 0 aliphatic rings. The Balaban J connectivity index is 1.95. The number of rotatable bonds is 6. The van der Waals surface area contributed by atoms with E-state index in [0.717, 1.165) is 6.20 Å². The number of para-hydroxylation sites is 2. The zero-order chi connectivity index (χ0) is 22.6. The molecule has 0 saturated carbocycles. The van der Waals surface area contributed by atoms with E-state index in [0.29, 0.717) is 22.9 Å². The van der Waals surface area contributed by atoms with Gasteiger partial charge in [-0.05, 0) is 57.2 Å². The first-order valence-electron chi connectivity index (χ1n) is 9.45. The number of benzene rings is 2. The number of aromatic nitrogens is 2. The van der Waals surface area contributed by atoms with Crippen molar-refractivity contribution in [1.29, 1.82) is 0 Å². The van der Waals surface area contributed by atoms with Crippen molar-refractivity contribution < 1.29 is 22.6 Å². The minimum Gasteiger partial charge on any atom is -0.497 e. The van der Waals surface area contributed by atoms with Gasteiger partial charge in [0.05, 0.1) is 12.8 Å². The van der Waals surface area contributed by atoms with Gasteiger partial charge in [0.25, 0.3) is 0 Å². The quantitative estimate of drug-likeness (QED) is 0.486. The van der Waals surface area contributed by atoms with Crippen molar-refractivity contribution >= 4 is 23.1 Å². The van der Waals surface area contributed by atoms with Gasteiger partial charge in [-0.15, -0.1) is 0 Å². The number of nitrogens with zero attached hydrogens (tertiary/aromatic N) is 2. The Hall–Kier alpha value is -3.49. The van der Waals surface area contributed by atoms with Gasteiger partial charge in [0.15, 0.2) is 0 Å². The van der Waals surface area contributed by atoms with Gasteiger partial charge in [-0.2, -0.15) is 18.2 Å². The molecule has 2 N–H and O–H groups in total. The van der Waals surface area contributed by atoms with E-state index in [1.54, 1.807) is 55.6 Å². The Bertz CT molecular complexity index is 1030. The second kappa shape index (κ2) is 8.71. The minimum atomic E-state index is -4.64. The summed E-state index contributed by atoms with van der Waals surface area (Å²) in [5, 5.41) is 5.66. The summed E-state index contributed by atoms with van der Waals surface area (Å²) < 4.78 is 51.7. The first-order chi connectivity index (χ1) is 14.5. The van der Waals surface area contributed by atoms with Crippen LogP contribution in [0, 0.1) is 0 Å². The maximum atomic E-state index is 13.6. The highest BCUT2D eigenvalue weighted by atomic mass is 19.4. The fourth-order valence-electron chi connectivity index (χ4n) is 2.66. The van der Waals surface area contributed by atoms with Crippen LogP contribution < -0.4 is 20.1 Å². The van der Waals surface area contributed by atoms with E-state index < -0.39 is 17.3 Å². The number of methoxy groups -OCH3 is 1. The molecular weight excluding hydrogens is 409 g/mol. The van der Waals surface area contributed by atoms with Crippen LogP contribution in [0.15, 0.2) is 54.7 Å². The predicted octanol–water partition coefficient (Wildman–Crippen LogP) is 6.17. The molecule has 9 heteroatoms. The summed E-state index contributed by atoms with van der Waals surface area (Å²) in [5.41, 5.74) is -0.560. The molecule has 31 heavy (non-hydrogen) atoms.